The van der Waals surface area contributed by atoms with Crippen LogP contribution in [0.15, 0.2) is 36.7 Å². The van der Waals surface area contributed by atoms with Crippen molar-refractivity contribution in [1.29, 1.82) is 0 Å². The summed E-state index contributed by atoms with van der Waals surface area (Å²) in [4.78, 5) is 20.5. The van der Waals surface area contributed by atoms with Crippen LogP contribution in [0.3, 0.4) is 0 Å². The number of nitrogens with zero attached hydrogens (tertiary/aromatic N) is 4. The first kappa shape index (κ1) is 15.7. The number of carbonyl (C=O) groups is 1. The minimum absolute atomic E-state index is 0.128. The van der Waals surface area contributed by atoms with Gasteiger partial charge in [-0.3, -0.25) is 9.69 Å². The van der Waals surface area contributed by atoms with E-state index in [4.69, 9.17) is 0 Å². The van der Waals surface area contributed by atoms with Crippen LogP contribution in [0.1, 0.15) is 11.4 Å². The van der Waals surface area contributed by atoms with Gasteiger partial charge in [-0.1, -0.05) is 12.1 Å². The van der Waals surface area contributed by atoms with E-state index in [1.165, 1.54) is 12.1 Å². The lowest BCUT2D eigenvalue weighted by Crippen LogP contribution is -2.50. The zero-order chi connectivity index (χ0) is 16.2. The van der Waals surface area contributed by atoms with E-state index in [1.54, 1.807) is 18.3 Å². The fourth-order valence-corrected chi connectivity index (χ4v) is 2.81. The molecule has 0 atom stereocenters. The zero-order valence-electron chi connectivity index (χ0n) is 13.3. The van der Waals surface area contributed by atoms with Crippen LogP contribution in [0.2, 0.25) is 0 Å². The van der Waals surface area contributed by atoms with E-state index in [2.05, 4.69) is 14.5 Å². The molecule has 1 aliphatic heterocycles. The summed E-state index contributed by atoms with van der Waals surface area (Å²) in [5.41, 5.74) is 0.960. The standard InChI is InChI=1S/C17H21FN4O/c1-14-19-6-7-21(14)10-8-20-9-11-22(17(23)13-20)12-15-2-4-16(18)5-3-15/h2-7H,8-13H2,1H3. The Bertz CT molecular complexity index is 667. The Morgan fingerprint density at radius 2 is 1.96 bits per heavy atom. The van der Waals surface area contributed by atoms with Gasteiger partial charge in [0, 0.05) is 45.1 Å². The molecule has 2 heterocycles. The van der Waals surface area contributed by atoms with Gasteiger partial charge in [0.2, 0.25) is 5.91 Å². The van der Waals surface area contributed by atoms with Crippen molar-refractivity contribution in [3.63, 3.8) is 0 Å². The third kappa shape index (κ3) is 3.96. The van der Waals surface area contributed by atoms with Crippen LogP contribution in [0.5, 0.6) is 0 Å². The molecule has 0 bridgehead atoms. The molecule has 0 spiro atoms. The number of halogens is 1. The quantitative estimate of drug-likeness (QED) is 0.843. The predicted octanol–water partition coefficient (Wildman–Crippen LogP) is 1.68. The molecule has 23 heavy (non-hydrogen) atoms. The van der Waals surface area contributed by atoms with Crippen LogP contribution in [0.4, 0.5) is 4.39 Å². The van der Waals surface area contributed by atoms with Crippen molar-refractivity contribution >= 4 is 5.91 Å². The number of amides is 1. The van der Waals surface area contributed by atoms with Crippen molar-refractivity contribution in [2.75, 3.05) is 26.2 Å². The molecule has 122 valence electrons. The molecule has 1 fully saturated rings. The highest BCUT2D eigenvalue weighted by atomic mass is 19.1. The lowest BCUT2D eigenvalue weighted by molar-refractivity contribution is -0.136. The van der Waals surface area contributed by atoms with Crippen LogP contribution in [-0.4, -0.2) is 51.4 Å². The molecule has 1 amide bonds. The Kier molecular flexibility index (Phi) is 4.71. The summed E-state index contributed by atoms with van der Waals surface area (Å²) in [6.07, 6.45) is 3.75. The van der Waals surface area contributed by atoms with Crippen LogP contribution in [0, 0.1) is 12.7 Å². The molecule has 2 aromatic rings. The van der Waals surface area contributed by atoms with Crippen LogP contribution < -0.4 is 0 Å². The summed E-state index contributed by atoms with van der Waals surface area (Å²) in [6, 6.07) is 6.33. The van der Waals surface area contributed by atoms with E-state index >= 15 is 0 Å². The second-order valence-electron chi connectivity index (χ2n) is 5.89. The molecule has 0 radical (unpaired) electrons. The van der Waals surface area contributed by atoms with Gasteiger partial charge in [0.25, 0.3) is 0 Å². The highest BCUT2D eigenvalue weighted by Gasteiger charge is 2.23. The van der Waals surface area contributed by atoms with Crippen LogP contribution in [-0.2, 0) is 17.9 Å². The molecular formula is C17H21FN4O. The van der Waals surface area contributed by atoms with Gasteiger partial charge in [0.1, 0.15) is 11.6 Å². The second-order valence-corrected chi connectivity index (χ2v) is 5.89. The minimum atomic E-state index is -0.250. The molecule has 0 N–H and O–H groups in total. The molecule has 1 aromatic carbocycles. The molecule has 6 heteroatoms. The molecule has 0 unspecified atom stereocenters. The number of hydrogen-bond donors (Lipinski definition) is 0. The summed E-state index contributed by atoms with van der Waals surface area (Å²) in [7, 11) is 0. The average Bonchev–Trinajstić information content (AvgIpc) is 2.95. The number of aryl methyl sites for hydroxylation is 1. The average molecular weight is 316 g/mol. The van der Waals surface area contributed by atoms with Gasteiger partial charge in [0.05, 0.1) is 6.54 Å². The summed E-state index contributed by atoms with van der Waals surface area (Å²) >= 11 is 0. The summed E-state index contributed by atoms with van der Waals surface area (Å²) in [5, 5.41) is 0. The van der Waals surface area contributed by atoms with Crippen molar-refractivity contribution < 1.29 is 9.18 Å². The molecule has 0 aliphatic carbocycles. The largest absolute Gasteiger partial charge is 0.336 e. The van der Waals surface area contributed by atoms with E-state index in [1.807, 2.05) is 18.0 Å². The van der Waals surface area contributed by atoms with E-state index < -0.39 is 0 Å². The Morgan fingerprint density at radius 1 is 1.17 bits per heavy atom. The summed E-state index contributed by atoms with van der Waals surface area (Å²) in [5.74, 6) is 0.869. The number of piperazine rings is 1. The number of imidazole rings is 1. The Labute approximate surface area is 135 Å². The van der Waals surface area contributed by atoms with Crippen molar-refractivity contribution in [3.8, 4) is 0 Å². The first-order chi connectivity index (χ1) is 11.1. The Hall–Kier alpha value is -2.21. The van der Waals surface area contributed by atoms with E-state index in [9.17, 15) is 9.18 Å². The SMILES string of the molecule is Cc1nccn1CCN1CCN(Cc2ccc(F)cc2)C(=O)C1. The number of benzene rings is 1. The first-order valence-electron chi connectivity index (χ1n) is 7.84. The van der Waals surface area contributed by atoms with Gasteiger partial charge in [-0.15, -0.1) is 0 Å². The predicted molar refractivity (Wildman–Crippen MR) is 85.2 cm³/mol. The maximum atomic E-state index is 12.9. The minimum Gasteiger partial charge on any atom is -0.336 e. The van der Waals surface area contributed by atoms with Gasteiger partial charge < -0.3 is 9.47 Å². The third-order valence-electron chi connectivity index (χ3n) is 4.27. The summed E-state index contributed by atoms with van der Waals surface area (Å²) in [6.45, 7) is 6.22. The van der Waals surface area contributed by atoms with E-state index in [0.29, 0.717) is 19.6 Å². The molecule has 1 saturated heterocycles. The maximum Gasteiger partial charge on any atom is 0.237 e. The van der Waals surface area contributed by atoms with Crippen molar-refractivity contribution in [3.05, 3.63) is 53.9 Å². The highest BCUT2D eigenvalue weighted by Crippen LogP contribution is 2.11. The van der Waals surface area contributed by atoms with Gasteiger partial charge in [-0.2, -0.15) is 0 Å². The van der Waals surface area contributed by atoms with Crippen LogP contribution in [0.25, 0.3) is 0 Å². The van der Waals surface area contributed by atoms with E-state index in [0.717, 1.165) is 31.0 Å². The second kappa shape index (κ2) is 6.91. The molecular weight excluding hydrogens is 295 g/mol. The van der Waals surface area contributed by atoms with Crippen molar-refractivity contribution in [2.45, 2.75) is 20.0 Å². The van der Waals surface area contributed by atoms with Gasteiger partial charge in [-0.05, 0) is 24.6 Å². The fraction of sp³-hybridized carbons (Fsp3) is 0.412. The monoisotopic (exact) mass is 316 g/mol. The number of carbonyl (C=O) groups excluding carboxylic acids is 1. The Balaban J connectivity index is 1.50. The lowest BCUT2D eigenvalue weighted by atomic mass is 10.2. The molecule has 3 rings (SSSR count). The molecule has 5 nitrogen and oxygen atoms in total. The number of rotatable bonds is 5. The first-order valence-corrected chi connectivity index (χ1v) is 7.84. The third-order valence-corrected chi connectivity index (χ3v) is 4.27. The number of hydrogen-bond acceptors (Lipinski definition) is 3. The zero-order valence-corrected chi connectivity index (χ0v) is 13.3. The van der Waals surface area contributed by atoms with Gasteiger partial charge in [0.15, 0.2) is 0 Å². The van der Waals surface area contributed by atoms with Gasteiger partial charge in [-0.25, -0.2) is 9.37 Å². The van der Waals surface area contributed by atoms with E-state index in [-0.39, 0.29) is 11.7 Å². The number of aromatic nitrogens is 2. The fourth-order valence-electron chi connectivity index (χ4n) is 2.81. The normalized spacial score (nSPS) is 16.1. The molecule has 0 saturated carbocycles. The molecule has 1 aliphatic rings. The topological polar surface area (TPSA) is 41.4 Å². The maximum absolute atomic E-state index is 12.9. The van der Waals surface area contributed by atoms with Gasteiger partial charge >= 0.3 is 0 Å². The Morgan fingerprint density at radius 3 is 2.61 bits per heavy atom. The summed E-state index contributed by atoms with van der Waals surface area (Å²) < 4.78 is 15.0. The lowest BCUT2D eigenvalue weighted by Gasteiger charge is -2.34. The smallest absolute Gasteiger partial charge is 0.237 e. The molecule has 1 aromatic heterocycles. The highest BCUT2D eigenvalue weighted by molar-refractivity contribution is 5.79. The van der Waals surface area contributed by atoms with Crippen molar-refractivity contribution in [2.24, 2.45) is 0 Å². The van der Waals surface area contributed by atoms with Crippen molar-refractivity contribution in [1.82, 2.24) is 19.4 Å². The van der Waals surface area contributed by atoms with Crippen LogP contribution >= 0.6 is 0 Å².